The van der Waals surface area contributed by atoms with E-state index in [1.807, 2.05) is 54.6 Å². The van der Waals surface area contributed by atoms with Gasteiger partial charge < -0.3 is 5.73 Å². The Kier molecular flexibility index (Phi) is 2.90. The first-order chi connectivity index (χ1) is 9.34. The third-order valence-electron chi connectivity index (χ3n) is 2.82. The lowest BCUT2D eigenvalue weighted by Gasteiger charge is -2.03. The Morgan fingerprint density at radius 2 is 1.68 bits per heavy atom. The Bertz CT molecular complexity index is 735. The fourth-order valence-corrected chi connectivity index (χ4v) is 1.85. The van der Waals surface area contributed by atoms with Gasteiger partial charge in [0.1, 0.15) is 5.69 Å². The van der Waals surface area contributed by atoms with Crippen LogP contribution in [0.15, 0.2) is 71.0 Å². The maximum atomic E-state index is 6.07. The molecule has 4 heteroatoms. The highest BCUT2D eigenvalue weighted by molar-refractivity contribution is 5.94. The summed E-state index contributed by atoms with van der Waals surface area (Å²) in [6, 6.07) is 17.2. The van der Waals surface area contributed by atoms with Crippen LogP contribution in [0, 0.1) is 0 Å². The number of anilines is 1. The average molecular weight is 248 g/mol. The van der Waals surface area contributed by atoms with E-state index >= 15 is 0 Å². The van der Waals surface area contributed by atoms with Gasteiger partial charge in [-0.2, -0.15) is 5.11 Å². The van der Waals surface area contributed by atoms with Crippen LogP contribution < -0.4 is 5.73 Å². The number of hydrogen-bond donors (Lipinski definition) is 1. The number of azo groups is 1. The van der Waals surface area contributed by atoms with Crippen LogP contribution in [0.3, 0.4) is 0 Å². The third-order valence-corrected chi connectivity index (χ3v) is 2.82. The molecular formula is C15H12N4. The molecule has 92 valence electrons. The summed E-state index contributed by atoms with van der Waals surface area (Å²) in [7, 11) is 0. The fraction of sp³-hybridized carbons (Fsp3) is 0. The van der Waals surface area contributed by atoms with Crippen molar-refractivity contribution in [1.82, 2.24) is 4.98 Å². The third kappa shape index (κ3) is 2.28. The van der Waals surface area contributed by atoms with Crippen molar-refractivity contribution >= 4 is 28.0 Å². The second kappa shape index (κ2) is 4.86. The highest BCUT2D eigenvalue weighted by atomic mass is 15.1. The van der Waals surface area contributed by atoms with Crippen LogP contribution in [0.1, 0.15) is 0 Å². The van der Waals surface area contributed by atoms with Gasteiger partial charge >= 0.3 is 0 Å². The van der Waals surface area contributed by atoms with Crippen molar-refractivity contribution in [1.29, 1.82) is 0 Å². The predicted molar refractivity (Wildman–Crippen MR) is 76.8 cm³/mol. The van der Waals surface area contributed by atoms with Crippen LogP contribution in [0.4, 0.5) is 17.1 Å². The molecule has 0 aliphatic carbocycles. The van der Waals surface area contributed by atoms with Gasteiger partial charge in [-0.05, 0) is 24.3 Å². The summed E-state index contributed by atoms with van der Waals surface area (Å²) < 4.78 is 0. The molecule has 0 amide bonds. The summed E-state index contributed by atoms with van der Waals surface area (Å²) in [4.78, 5) is 4.27. The molecule has 2 aromatic carbocycles. The summed E-state index contributed by atoms with van der Waals surface area (Å²) in [5.41, 5.74) is 8.81. The van der Waals surface area contributed by atoms with E-state index in [2.05, 4.69) is 15.2 Å². The van der Waals surface area contributed by atoms with Gasteiger partial charge in [-0.3, -0.25) is 4.98 Å². The van der Waals surface area contributed by atoms with Crippen molar-refractivity contribution < 1.29 is 0 Å². The summed E-state index contributed by atoms with van der Waals surface area (Å²) in [6.07, 6.45) is 1.72. The first-order valence-corrected chi connectivity index (χ1v) is 5.94. The molecule has 0 unspecified atom stereocenters. The van der Waals surface area contributed by atoms with Crippen LogP contribution in [-0.2, 0) is 0 Å². The molecule has 0 atom stereocenters. The highest BCUT2D eigenvalue weighted by Gasteiger charge is 2.04. The number of nitrogens with zero attached hydrogens (tertiary/aromatic N) is 3. The summed E-state index contributed by atoms with van der Waals surface area (Å²) >= 11 is 0. The minimum atomic E-state index is 0.554. The molecule has 0 saturated carbocycles. The molecule has 0 bridgehead atoms. The van der Waals surface area contributed by atoms with Gasteiger partial charge in [-0.1, -0.05) is 30.3 Å². The lowest BCUT2D eigenvalue weighted by molar-refractivity contribution is 1.23. The normalized spacial score (nSPS) is 11.2. The molecule has 0 fully saturated rings. The molecule has 19 heavy (non-hydrogen) atoms. The average Bonchev–Trinajstić information content (AvgIpc) is 2.48. The van der Waals surface area contributed by atoms with E-state index in [0.717, 1.165) is 16.6 Å². The second-order valence-electron chi connectivity index (χ2n) is 4.11. The van der Waals surface area contributed by atoms with E-state index in [1.54, 1.807) is 6.20 Å². The van der Waals surface area contributed by atoms with Gasteiger partial charge in [0.05, 0.1) is 16.9 Å². The largest absolute Gasteiger partial charge is 0.395 e. The van der Waals surface area contributed by atoms with E-state index in [-0.39, 0.29) is 0 Å². The standard InChI is InChI=1S/C15H12N4/c16-14-13(19-18-12-6-2-1-3-7-12)9-8-11-5-4-10-17-15(11)14/h1-10H,16H2. The molecule has 0 saturated heterocycles. The molecular weight excluding hydrogens is 236 g/mol. The molecule has 0 aliphatic rings. The van der Waals surface area contributed by atoms with E-state index in [4.69, 9.17) is 5.73 Å². The smallest absolute Gasteiger partial charge is 0.111 e. The topological polar surface area (TPSA) is 63.6 Å². The molecule has 1 heterocycles. The van der Waals surface area contributed by atoms with E-state index < -0.39 is 0 Å². The quantitative estimate of drug-likeness (QED) is 0.544. The van der Waals surface area contributed by atoms with Gasteiger partial charge in [0, 0.05) is 11.6 Å². The first kappa shape index (κ1) is 11.3. The molecule has 2 N–H and O–H groups in total. The van der Waals surface area contributed by atoms with Crippen molar-refractivity contribution in [2.75, 3.05) is 5.73 Å². The number of pyridine rings is 1. The predicted octanol–water partition coefficient (Wildman–Crippen LogP) is 4.23. The summed E-state index contributed by atoms with van der Waals surface area (Å²) in [5, 5.41) is 9.35. The number of rotatable bonds is 2. The Morgan fingerprint density at radius 1 is 0.842 bits per heavy atom. The van der Waals surface area contributed by atoms with Crippen LogP contribution in [0.25, 0.3) is 10.9 Å². The van der Waals surface area contributed by atoms with Gasteiger partial charge in [0.2, 0.25) is 0 Å². The minimum absolute atomic E-state index is 0.554. The van der Waals surface area contributed by atoms with Gasteiger partial charge in [-0.15, -0.1) is 5.11 Å². The minimum Gasteiger partial charge on any atom is -0.395 e. The molecule has 0 radical (unpaired) electrons. The molecule has 0 spiro atoms. The Hall–Kier alpha value is -2.75. The zero-order valence-corrected chi connectivity index (χ0v) is 10.2. The number of fused-ring (bicyclic) bond motifs is 1. The van der Waals surface area contributed by atoms with E-state index in [0.29, 0.717) is 11.4 Å². The maximum Gasteiger partial charge on any atom is 0.111 e. The van der Waals surface area contributed by atoms with Crippen LogP contribution in [-0.4, -0.2) is 4.98 Å². The van der Waals surface area contributed by atoms with Gasteiger partial charge in [0.15, 0.2) is 0 Å². The number of aromatic nitrogens is 1. The Morgan fingerprint density at radius 3 is 2.53 bits per heavy atom. The lowest BCUT2D eigenvalue weighted by Crippen LogP contribution is -1.89. The molecule has 3 rings (SSSR count). The molecule has 4 nitrogen and oxygen atoms in total. The van der Waals surface area contributed by atoms with Crippen molar-refractivity contribution in [3.8, 4) is 0 Å². The van der Waals surface area contributed by atoms with E-state index in [9.17, 15) is 0 Å². The zero-order chi connectivity index (χ0) is 13.1. The van der Waals surface area contributed by atoms with Crippen molar-refractivity contribution in [3.05, 3.63) is 60.8 Å². The molecule has 0 aliphatic heterocycles. The lowest BCUT2D eigenvalue weighted by atomic mass is 10.1. The maximum absolute atomic E-state index is 6.07. The van der Waals surface area contributed by atoms with E-state index in [1.165, 1.54) is 0 Å². The van der Waals surface area contributed by atoms with Crippen molar-refractivity contribution in [3.63, 3.8) is 0 Å². The molecule has 3 aromatic rings. The van der Waals surface area contributed by atoms with Crippen molar-refractivity contribution in [2.24, 2.45) is 10.2 Å². The van der Waals surface area contributed by atoms with Crippen LogP contribution in [0.2, 0.25) is 0 Å². The Balaban J connectivity index is 2.02. The summed E-state index contributed by atoms with van der Waals surface area (Å²) in [5.74, 6) is 0. The zero-order valence-electron chi connectivity index (χ0n) is 10.2. The number of nitrogen functional groups attached to an aromatic ring is 1. The van der Waals surface area contributed by atoms with Crippen LogP contribution >= 0.6 is 0 Å². The number of hydrogen-bond acceptors (Lipinski definition) is 4. The Labute approximate surface area is 110 Å². The summed E-state index contributed by atoms with van der Waals surface area (Å²) in [6.45, 7) is 0. The monoisotopic (exact) mass is 248 g/mol. The highest BCUT2D eigenvalue weighted by Crippen LogP contribution is 2.30. The van der Waals surface area contributed by atoms with Gasteiger partial charge in [0.25, 0.3) is 0 Å². The number of nitrogens with two attached hydrogens (primary N) is 1. The first-order valence-electron chi connectivity index (χ1n) is 5.94. The van der Waals surface area contributed by atoms with Gasteiger partial charge in [-0.25, -0.2) is 0 Å². The number of benzene rings is 2. The van der Waals surface area contributed by atoms with Crippen molar-refractivity contribution in [2.45, 2.75) is 0 Å². The second-order valence-corrected chi connectivity index (χ2v) is 4.11. The van der Waals surface area contributed by atoms with Crippen LogP contribution in [0.5, 0.6) is 0 Å². The fourth-order valence-electron chi connectivity index (χ4n) is 1.85. The molecule has 1 aromatic heterocycles. The SMILES string of the molecule is Nc1c(N=Nc2ccccc2)ccc2cccnc12.